The molecule has 0 saturated heterocycles. The van der Waals surface area contributed by atoms with Crippen LogP contribution in [0, 0.1) is 0 Å². The number of para-hydroxylation sites is 1. The van der Waals surface area contributed by atoms with Crippen molar-refractivity contribution in [1.82, 2.24) is 14.5 Å². The minimum Gasteiger partial charge on any atom is -0.369 e. The first-order valence-electron chi connectivity index (χ1n) is 8.91. The quantitative estimate of drug-likeness (QED) is 0.389. The highest BCUT2D eigenvalue weighted by molar-refractivity contribution is 8.23. The number of nitrogens with one attached hydrogen (secondary N) is 1. The lowest BCUT2D eigenvalue weighted by atomic mass is 10.1. The summed E-state index contributed by atoms with van der Waals surface area (Å²) >= 11 is 0. The summed E-state index contributed by atoms with van der Waals surface area (Å²) in [6, 6.07) is 15.8. The van der Waals surface area contributed by atoms with Gasteiger partial charge >= 0.3 is 0 Å². The molecule has 0 aliphatic carbocycles. The number of pyridine rings is 1. The maximum atomic E-state index is 13.2. The van der Waals surface area contributed by atoms with Crippen molar-refractivity contribution in [1.29, 1.82) is 0 Å². The van der Waals surface area contributed by atoms with Crippen LogP contribution in [0.5, 0.6) is 0 Å². The van der Waals surface area contributed by atoms with Crippen LogP contribution in [-0.2, 0) is 0 Å². The fraction of sp³-hybridized carbons (Fsp3) is 0. The van der Waals surface area contributed by atoms with E-state index in [9.17, 15) is 13.9 Å². The fourth-order valence-corrected chi connectivity index (χ4v) is 4.32. The molecule has 3 heterocycles. The van der Waals surface area contributed by atoms with E-state index in [0.29, 0.717) is 33.5 Å². The summed E-state index contributed by atoms with van der Waals surface area (Å²) in [6.45, 7) is 0. The molecule has 0 amide bonds. The molecule has 0 saturated carbocycles. The molecule has 150 valence electrons. The van der Waals surface area contributed by atoms with Gasteiger partial charge in [0.1, 0.15) is 11.2 Å². The van der Waals surface area contributed by atoms with Gasteiger partial charge < -0.3 is 11.1 Å². The number of nitrogens with two attached hydrogens (primary N) is 1. The summed E-state index contributed by atoms with van der Waals surface area (Å²) < 4.78 is 25.4. The second kappa shape index (κ2) is 6.66. The monoisotopic (exact) mass is 420 g/mol. The van der Waals surface area contributed by atoms with E-state index in [4.69, 9.17) is 5.73 Å². The number of nitrogen functional groups attached to an aromatic ring is 1. The van der Waals surface area contributed by atoms with Gasteiger partial charge in [-0.2, -0.15) is 0 Å². The first-order valence-corrected chi connectivity index (χ1v) is 10.4. The van der Waals surface area contributed by atoms with Crippen molar-refractivity contribution >= 4 is 39.8 Å². The van der Waals surface area contributed by atoms with Crippen molar-refractivity contribution in [3.63, 3.8) is 0 Å². The van der Waals surface area contributed by atoms with Crippen LogP contribution >= 0.6 is 10.8 Å². The highest BCUT2D eigenvalue weighted by atomic mass is 32.3. The van der Waals surface area contributed by atoms with Crippen molar-refractivity contribution in [2.45, 2.75) is 4.90 Å². The maximum Gasteiger partial charge on any atom is 0.267 e. The Morgan fingerprint density at radius 1 is 1.03 bits per heavy atom. The first-order chi connectivity index (χ1) is 14.4. The van der Waals surface area contributed by atoms with Crippen LogP contribution in [0.1, 0.15) is 0 Å². The Labute approximate surface area is 172 Å². The number of rotatable bonds is 2. The molecule has 0 radical (unpaired) electrons. The summed E-state index contributed by atoms with van der Waals surface area (Å²) in [4.78, 5) is 22.0. The second-order valence-corrected chi connectivity index (χ2v) is 8.33. The molecule has 5 N–H and O–H groups in total. The van der Waals surface area contributed by atoms with Gasteiger partial charge in [0.15, 0.2) is 5.82 Å². The Hall–Kier alpha value is -3.73. The standard InChI is InChI=1S/C20H16N6O3S/c21-20-25-16-7-6-12(8-15(16)19(27)26(20)14-4-2-1-3-5-14)13-9-17-18(22-10-13)23-11-24-30(17,28)29/h1-11,28-29H,(H2,21,25)(H,22,23,24). The van der Waals surface area contributed by atoms with Crippen LogP contribution < -0.4 is 16.6 Å². The molecule has 0 bridgehead atoms. The lowest BCUT2D eigenvalue weighted by Crippen LogP contribution is -2.23. The number of hydrogen-bond acceptors (Lipinski definition) is 8. The number of nitrogens with zero attached hydrogens (tertiary/aromatic N) is 4. The van der Waals surface area contributed by atoms with Crippen LogP contribution in [0.25, 0.3) is 27.7 Å². The van der Waals surface area contributed by atoms with Crippen LogP contribution in [0.3, 0.4) is 0 Å². The molecule has 2 aromatic heterocycles. The SMILES string of the molecule is Nc1nc2ccc(-c3cnc4c(c3)S(O)(O)N=CN4)cc2c(=O)n1-c1ccccc1. The zero-order valence-corrected chi connectivity index (χ0v) is 16.2. The molecular formula is C20H16N6O3S. The van der Waals surface area contributed by atoms with Crippen LogP contribution in [0.4, 0.5) is 11.8 Å². The van der Waals surface area contributed by atoms with E-state index in [0.717, 1.165) is 0 Å². The normalized spacial score (nSPS) is 15.4. The van der Waals surface area contributed by atoms with Crippen LogP contribution in [0.15, 0.2) is 74.9 Å². The fourth-order valence-electron chi connectivity index (χ4n) is 3.35. The number of fused-ring (bicyclic) bond motifs is 2. The van der Waals surface area contributed by atoms with E-state index in [1.807, 2.05) is 18.2 Å². The van der Waals surface area contributed by atoms with Crippen molar-refractivity contribution in [2.24, 2.45) is 4.40 Å². The van der Waals surface area contributed by atoms with E-state index in [2.05, 4.69) is 19.7 Å². The van der Waals surface area contributed by atoms with Gasteiger partial charge in [0.05, 0.1) is 16.6 Å². The zero-order valence-electron chi connectivity index (χ0n) is 15.4. The van der Waals surface area contributed by atoms with Crippen LogP contribution in [-0.4, -0.2) is 30.0 Å². The number of anilines is 2. The van der Waals surface area contributed by atoms with Crippen molar-refractivity contribution in [3.05, 3.63) is 71.1 Å². The molecule has 30 heavy (non-hydrogen) atoms. The summed E-state index contributed by atoms with van der Waals surface area (Å²) in [5.74, 6) is 0.426. The summed E-state index contributed by atoms with van der Waals surface area (Å²) in [5.41, 5.74) is 8.11. The Kier molecular flexibility index (Phi) is 4.07. The van der Waals surface area contributed by atoms with Gasteiger partial charge in [-0.25, -0.2) is 14.5 Å². The summed E-state index contributed by atoms with van der Waals surface area (Å²) in [5, 5.41) is 3.17. The highest BCUT2D eigenvalue weighted by Gasteiger charge is 2.23. The van der Waals surface area contributed by atoms with E-state index in [1.165, 1.54) is 10.9 Å². The molecule has 1 aliphatic rings. The molecule has 0 fully saturated rings. The predicted octanol–water partition coefficient (Wildman–Crippen LogP) is 3.51. The topological polar surface area (TPSA) is 139 Å². The third-order valence-electron chi connectivity index (χ3n) is 4.79. The minimum absolute atomic E-state index is 0.0970. The van der Waals surface area contributed by atoms with E-state index in [-0.39, 0.29) is 16.4 Å². The molecule has 2 aromatic carbocycles. The summed E-state index contributed by atoms with van der Waals surface area (Å²) in [7, 11) is -3.32. The number of aromatic nitrogens is 3. The molecule has 4 aromatic rings. The third kappa shape index (κ3) is 2.90. The average Bonchev–Trinajstić information content (AvgIpc) is 2.74. The Morgan fingerprint density at radius 2 is 1.83 bits per heavy atom. The van der Waals surface area contributed by atoms with Crippen molar-refractivity contribution < 1.29 is 9.11 Å². The molecule has 0 unspecified atom stereocenters. The predicted molar refractivity (Wildman–Crippen MR) is 118 cm³/mol. The van der Waals surface area contributed by atoms with Gasteiger partial charge in [0, 0.05) is 11.8 Å². The van der Waals surface area contributed by atoms with Crippen molar-refractivity contribution in [2.75, 3.05) is 11.1 Å². The minimum atomic E-state index is -3.32. The van der Waals surface area contributed by atoms with Crippen LogP contribution in [0.2, 0.25) is 0 Å². The third-order valence-corrected chi connectivity index (χ3v) is 6.09. The summed E-state index contributed by atoms with van der Waals surface area (Å²) in [6.07, 6.45) is 2.80. The van der Waals surface area contributed by atoms with E-state index < -0.39 is 10.8 Å². The smallest absolute Gasteiger partial charge is 0.267 e. The largest absolute Gasteiger partial charge is 0.369 e. The molecule has 0 spiro atoms. The van der Waals surface area contributed by atoms with Gasteiger partial charge in [-0.1, -0.05) is 35.0 Å². The lowest BCUT2D eigenvalue weighted by Gasteiger charge is -2.31. The average molecular weight is 420 g/mol. The first kappa shape index (κ1) is 18.3. The van der Waals surface area contributed by atoms with Gasteiger partial charge in [-0.05, 0) is 35.9 Å². The lowest BCUT2D eigenvalue weighted by molar-refractivity contribution is 0.489. The molecule has 9 nitrogen and oxygen atoms in total. The zero-order chi connectivity index (χ0) is 20.9. The van der Waals surface area contributed by atoms with Gasteiger partial charge in [-0.3, -0.25) is 13.9 Å². The van der Waals surface area contributed by atoms with E-state index >= 15 is 0 Å². The van der Waals surface area contributed by atoms with Gasteiger partial charge in [-0.15, -0.1) is 4.40 Å². The Morgan fingerprint density at radius 3 is 2.63 bits per heavy atom. The number of hydrogen-bond donors (Lipinski definition) is 4. The molecule has 5 rings (SSSR count). The Bertz CT molecular complexity index is 1380. The number of benzene rings is 2. The molecule has 1 aliphatic heterocycles. The molecular weight excluding hydrogens is 404 g/mol. The maximum absolute atomic E-state index is 13.2. The molecule has 0 atom stereocenters. The molecule has 10 heteroatoms. The Balaban J connectivity index is 1.69. The van der Waals surface area contributed by atoms with Gasteiger partial charge in [0.25, 0.3) is 5.56 Å². The highest BCUT2D eigenvalue weighted by Crippen LogP contribution is 2.54. The van der Waals surface area contributed by atoms with E-state index in [1.54, 1.807) is 42.6 Å². The second-order valence-electron chi connectivity index (χ2n) is 6.65. The van der Waals surface area contributed by atoms with Crippen molar-refractivity contribution in [3.8, 4) is 16.8 Å². The van der Waals surface area contributed by atoms with Gasteiger partial charge in [0.2, 0.25) is 5.95 Å².